The first-order chi connectivity index (χ1) is 8.25. The third kappa shape index (κ3) is 3.71. The van der Waals surface area contributed by atoms with Gasteiger partial charge in [0.05, 0.1) is 0 Å². The molecule has 86 valence electrons. The van der Waals surface area contributed by atoms with Crippen LogP contribution in [-0.4, -0.2) is 20.7 Å². The Balaban J connectivity index is 1.96. The molecule has 0 heterocycles. The van der Waals surface area contributed by atoms with Crippen molar-refractivity contribution >= 4 is 36.8 Å². The summed E-state index contributed by atoms with van der Waals surface area (Å²) in [5.74, 6) is 0.186. The number of benzene rings is 2. The number of carbonyl (C=O) groups excluding carboxylic acids is 1. The van der Waals surface area contributed by atoms with Crippen LogP contribution in [0.4, 0.5) is 0 Å². The Kier molecular flexibility index (Phi) is 4.38. The van der Waals surface area contributed by atoms with Crippen molar-refractivity contribution in [3.05, 3.63) is 65.2 Å². The first-order valence-corrected chi connectivity index (χ1v) is 7.67. The van der Waals surface area contributed by atoms with Crippen molar-refractivity contribution in [3.63, 3.8) is 0 Å². The summed E-state index contributed by atoms with van der Waals surface area (Å²) < 4.78 is 1.25. The molecule has 17 heavy (non-hydrogen) atoms. The molecule has 0 aliphatic heterocycles. The Morgan fingerprint density at radius 2 is 1.65 bits per heavy atom. The number of hydrogen-bond donors (Lipinski definition) is 0. The average Bonchev–Trinajstić information content (AvgIpc) is 2.38. The number of hydrogen-bond acceptors (Lipinski definition) is 1. The van der Waals surface area contributed by atoms with Crippen LogP contribution in [0.3, 0.4) is 0 Å². The van der Waals surface area contributed by atoms with E-state index in [0.717, 1.165) is 5.56 Å². The number of Topliss-reactive ketones (excluding diaryl/α,β-unsaturated/α-hetero) is 1. The number of rotatable bonds is 4. The molecule has 0 unspecified atom stereocenters. The molecule has 0 amide bonds. The van der Waals surface area contributed by atoms with Gasteiger partial charge in [-0.2, -0.15) is 0 Å². The van der Waals surface area contributed by atoms with Crippen LogP contribution < -0.4 is 4.46 Å². The van der Waals surface area contributed by atoms with Gasteiger partial charge in [-0.3, -0.25) is 0 Å². The molecule has 0 aliphatic carbocycles. The third-order valence-corrected chi connectivity index (χ3v) is 4.65. The fourth-order valence-corrected chi connectivity index (χ4v) is 3.22. The molecule has 0 N–H and O–H groups in total. The van der Waals surface area contributed by atoms with Crippen LogP contribution in [0.5, 0.6) is 0 Å². The maximum absolute atomic E-state index is 11.9. The molecular weight excluding hydrogens is 299 g/mol. The zero-order valence-corrected chi connectivity index (χ0v) is 11.6. The Morgan fingerprint density at radius 3 is 2.29 bits per heavy atom. The van der Waals surface area contributed by atoms with Crippen LogP contribution in [0.25, 0.3) is 0 Å². The molecule has 0 spiro atoms. The molecule has 2 rings (SSSR count). The van der Waals surface area contributed by atoms with Gasteiger partial charge in [-0.1, -0.05) is 0 Å². The minimum atomic E-state index is 0.186. The van der Waals surface area contributed by atoms with Crippen molar-refractivity contribution in [2.24, 2.45) is 0 Å². The van der Waals surface area contributed by atoms with Gasteiger partial charge in [0.1, 0.15) is 0 Å². The zero-order valence-electron chi connectivity index (χ0n) is 9.10. The van der Waals surface area contributed by atoms with Gasteiger partial charge in [0, 0.05) is 0 Å². The Bertz CT molecular complexity index is 493. The predicted octanol–water partition coefficient (Wildman–Crippen LogP) is 2.97. The molecule has 0 saturated carbocycles. The summed E-state index contributed by atoms with van der Waals surface area (Å²) >= 11 is 5.99. The van der Waals surface area contributed by atoms with E-state index in [1.165, 1.54) is 4.46 Å². The first-order valence-electron chi connectivity index (χ1n) is 5.22. The molecule has 0 fully saturated rings. The van der Waals surface area contributed by atoms with E-state index in [-0.39, 0.29) is 20.7 Å². The molecule has 0 saturated heterocycles. The van der Waals surface area contributed by atoms with E-state index in [2.05, 4.69) is 12.1 Å². The Morgan fingerprint density at radius 1 is 1.00 bits per heavy atom. The van der Waals surface area contributed by atoms with Gasteiger partial charge < -0.3 is 0 Å². The summed E-state index contributed by atoms with van der Waals surface area (Å²) in [6.07, 6.45) is 0. The van der Waals surface area contributed by atoms with E-state index < -0.39 is 0 Å². The normalized spacial score (nSPS) is 10.2. The van der Waals surface area contributed by atoms with Crippen LogP contribution in [0, 0.1) is 0 Å². The van der Waals surface area contributed by atoms with Crippen LogP contribution in [-0.2, 0) is 0 Å². The van der Waals surface area contributed by atoms with Gasteiger partial charge in [0.2, 0.25) is 0 Å². The topological polar surface area (TPSA) is 17.1 Å². The molecule has 0 radical (unpaired) electrons. The Hall–Kier alpha value is -1.08. The molecule has 2 aromatic rings. The van der Waals surface area contributed by atoms with Crippen LogP contribution >= 0.6 is 11.6 Å². The summed E-state index contributed by atoms with van der Waals surface area (Å²) in [5.41, 5.74) is 0.743. The van der Waals surface area contributed by atoms with Crippen LogP contribution in [0.2, 0.25) is 10.3 Å². The van der Waals surface area contributed by atoms with Crippen molar-refractivity contribution in [1.29, 1.82) is 0 Å². The van der Waals surface area contributed by atoms with Gasteiger partial charge >= 0.3 is 112 Å². The molecule has 2 aromatic carbocycles. The summed E-state index contributed by atoms with van der Waals surface area (Å²) in [6.45, 7) is 0. The average molecular weight is 310 g/mol. The summed E-state index contributed by atoms with van der Waals surface area (Å²) in [7, 11) is 0. The summed E-state index contributed by atoms with van der Waals surface area (Å²) in [6, 6.07) is 17.2. The molecular formula is C14H11ClOSe. The van der Waals surface area contributed by atoms with Gasteiger partial charge in [-0.05, 0) is 0 Å². The van der Waals surface area contributed by atoms with Gasteiger partial charge in [-0.15, -0.1) is 0 Å². The summed E-state index contributed by atoms with van der Waals surface area (Å²) in [4.78, 5) is 11.9. The predicted molar refractivity (Wildman–Crippen MR) is 72.4 cm³/mol. The van der Waals surface area contributed by atoms with E-state index in [4.69, 9.17) is 11.6 Å². The van der Waals surface area contributed by atoms with E-state index in [1.807, 2.05) is 18.2 Å². The summed E-state index contributed by atoms with van der Waals surface area (Å²) in [5, 5.41) is 1.26. The molecule has 0 aromatic heterocycles. The maximum atomic E-state index is 11.9. The van der Waals surface area contributed by atoms with E-state index in [1.54, 1.807) is 24.3 Å². The van der Waals surface area contributed by atoms with E-state index in [0.29, 0.717) is 10.3 Å². The number of carbonyl (C=O) groups is 1. The van der Waals surface area contributed by atoms with Gasteiger partial charge in [0.25, 0.3) is 0 Å². The van der Waals surface area contributed by atoms with Crippen molar-refractivity contribution in [2.45, 2.75) is 5.32 Å². The second-order valence-electron chi connectivity index (χ2n) is 3.53. The minimum absolute atomic E-state index is 0.186. The fourth-order valence-electron chi connectivity index (χ4n) is 1.38. The van der Waals surface area contributed by atoms with Crippen molar-refractivity contribution in [3.8, 4) is 0 Å². The van der Waals surface area contributed by atoms with Crippen molar-refractivity contribution < 1.29 is 4.79 Å². The third-order valence-electron chi connectivity index (χ3n) is 2.28. The van der Waals surface area contributed by atoms with Crippen LogP contribution in [0.15, 0.2) is 54.6 Å². The molecule has 1 nitrogen and oxygen atoms in total. The van der Waals surface area contributed by atoms with Crippen molar-refractivity contribution in [2.75, 3.05) is 0 Å². The standard InChI is InChI=1S/C14H11ClOSe/c15-12-8-6-11(7-9-12)14(16)10-17-13-4-2-1-3-5-13/h1-9H,10H2. The van der Waals surface area contributed by atoms with Gasteiger partial charge in [0.15, 0.2) is 0 Å². The zero-order chi connectivity index (χ0) is 12.1. The van der Waals surface area contributed by atoms with Crippen molar-refractivity contribution in [1.82, 2.24) is 0 Å². The molecule has 0 atom stereocenters. The SMILES string of the molecule is O=C(C[Se]c1ccccc1)c1ccc(Cl)cc1. The quantitative estimate of drug-likeness (QED) is 0.627. The van der Waals surface area contributed by atoms with E-state index in [9.17, 15) is 4.79 Å². The van der Waals surface area contributed by atoms with Crippen LogP contribution in [0.1, 0.15) is 10.4 Å². The monoisotopic (exact) mass is 310 g/mol. The first kappa shape index (κ1) is 12.4. The fraction of sp³-hybridized carbons (Fsp3) is 0.0714. The Labute approximate surface area is 112 Å². The second-order valence-corrected chi connectivity index (χ2v) is 6.17. The number of halogens is 1. The number of ketones is 1. The van der Waals surface area contributed by atoms with Gasteiger partial charge in [-0.25, -0.2) is 0 Å². The van der Waals surface area contributed by atoms with E-state index >= 15 is 0 Å². The molecule has 3 heteroatoms. The second kappa shape index (κ2) is 6.02. The molecule has 0 bridgehead atoms. The molecule has 0 aliphatic rings.